The van der Waals surface area contributed by atoms with Gasteiger partial charge < -0.3 is 0 Å². The molecule has 2 atom stereocenters. The molecule has 4 aromatic rings. The number of anilines is 1. The standard InChI is InChI=1S/C33H25N3O3/c1-20-15-17-22(18-16-20)36-31(38)28-27-23-11-5-7-13-25(23)33(29(28)32(36)39,26-14-8-6-12-24(26)27)19-34-35-30(37)21-9-3-2-4-10-21/h2-19,27-29H,1H3,(H,35,37)/b34-19-/t27?,28-,29+,33?/m1/s1. The fraction of sp³-hybridized carbons (Fsp3) is 0.152. The molecule has 0 unspecified atom stereocenters. The quantitative estimate of drug-likeness (QED) is 0.239. The zero-order valence-electron chi connectivity index (χ0n) is 21.2. The van der Waals surface area contributed by atoms with Crippen molar-refractivity contribution in [2.45, 2.75) is 18.3 Å². The van der Waals surface area contributed by atoms with Crippen LogP contribution in [0.2, 0.25) is 0 Å². The van der Waals surface area contributed by atoms with Crippen molar-refractivity contribution in [2.24, 2.45) is 16.9 Å². The molecule has 39 heavy (non-hydrogen) atoms. The second kappa shape index (κ2) is 8.60. The first-order valence-electron chi connectivity index (χ1n) is 13.1. The van der Waals surface area contributed by atoms with Crippen LogP contribution < -0.4 is 10.3 Å². The number of rotatable bonds is 4. The molecule has 1 fully saturated rings. The maximum Gasteiger partial charge on any atom is 0.271 e. The molecule has 1 aliphatic heterocycles. The van der Waals surface area contributed by atoms with Crippen LogP contribution in [-0.4, -0.2) is 23.9 Å². The van der Waals surface area contributed by atoms with E-state index in [1.165, 1.54) is 4.90 Å². The lowest BCUT2D eigenvalue weighted by Crippen LogP contribution is -2.54. The smallest absolute Gasteiger partial charge is 0.271 e. The summed E-state index contributed by atoms with van der Waals surface area (Å²) in [5, 5.41) is 4.46. The van der Waals surface area contributed by atoms with Crippen molar-refractivity contribution in [3.05, 3.63) is 137 Å². The van der Waals surface area contributed by atoms with Crippen molar-refractivity contribution in [3.63, 3.8) is 0 Å². The van der Waals surface area contributed by atoms with Gasteiger partial charge in [0.2, 0.25) is 11.8 Å². The Morgan fingerprint density at radius 3 is 2.03 bits per heavy atom. The summed E-state index contributed by atoms with van der Waals surface area (Å²) in [6.07, 6.45) is 1.68. The van der Waals surface area contributed by atoms with Crippen molar-refractivity contribution in [1.29, 1.82) is 0 Å². The summed E-state index contributed by atoms with van der Waals surface area (Å²) in [7, 11) is 0. The molecule has 1 saturated heterocycles. The average molecular weight is 512 g/mol. The molecule has 8 rings (SSSR count). The Hall–Kier alpha value is -4.84. The Labute approximate surface area is 226 Å². The number of amides is 3. The second-order valence-electron chi connectivity index (χ2n) is 10.4. The van der Waals surface area contributed by atoms with Gasteiger partial charge in [0, 0.05) is 17.7 Å². The third kappa shape index (κ3) is 3.21. The highest BCUT2D eigenvalue weighted by atomic mass is 16.2. The normalized spacial score (nSPS) is 24.4. The summed E-state index contributed by atoms with van der Waals surface area (Å²) in [6.45, 7) is 1.97. The highest BCUT2D eigenvalue weighted by Crippen LogP contribution is 2.63. The summed E-state index contributed by atoms with van der Waals surface area (Å²) < 4.78 is 0. The minimum Gasteiger partial charge on any atom is -0.274 e. The number of carbonyl (C=O) groups excluding carboxylic acids is 3. The largest absolute Gasteiger partial charge is 0.274 e. The minimum absolute atomic E-state index is 0.200. The van der Waals surface area contributed by atoms with Crippen LogP contribution in [0.3, 0.4) is 0 Å². The molecule has 0 radical (unpaired) electrons. The molecule has 3 amide bonds. The summed E-state index contributed by atoms with van der Waals surface area (Å²) >= 11 is 0. The van der Waals surface area contributed by atoms with Gasteiger partial charge in [-0.25, -0.2) is 10.3 Å². The van der Waals surface area contributed by atoms with Gasteiger partial charge in [0.15, 0.2) is 0 Å². The van der Waals surface area contributed by atoms with E-state index in [2.05, 4.69) is 10.5 Å². The summed E-state index contributed by atoms with van der Waals surface area (Å²) in [4.78, 5) is 42.7. The molecular formula is C33H25N3O3. The number of hydrogen-bond donors (Lipinski definition) is 1. The van der Waals surface area contributed by atoms with E-state index in [-0.39, 0.29) is 23.6 Å². The molecule has 0 spiro atoms. The third-order valence-electron chi connectivity index (χ3n) is 8.45. The average Bonchev–Trinajstić information content (AvgIpc) is 3.25. The van der Waals surface area contributed by atoms with E-state index in [1.807, 2.05) is 85.8 Å². The summed E-state index contributed by atoms with van der Waals surface area (Å²) in [5.74, 6) is -2.32. The van der Waals surface area contributed by atoms with Gasteiger partial charge in [-0.3, -0.25) is 14.4 Å². The third-order valence-corrected chi connectivity index (χ3v) is 8.45. The van der Waals surface area contributed by atoms with Crippen LogP contribution in [0.1, 0.15) is 44.1 Å². The molecule has 1 heterocycles. The van der Waals surface area contributed by atoms with Gasteiger partial charge in [-0.2, -0.15) is 5.10 Å². The number of nitrogens with one attached hydrogen (secondary N) is 1. The molecule has 4 aliphatic rings. The van der Waals surface area contributed by atoms with Gasteiger partial charge in [0.25, 0.3) is 5.91 Å². The Morgan fingerprint density at radius 2 is 1.38 bits per heavy atom. The van der Waals surface area contributed by atoms with Gasteiger partial charge in [-0.15, -0.1) is 0 Å². The van der Waals surface area contributed by atoms with E-state index in [0.717, 1.165) is 27.8 Å². The van der Waals surface area contributed by atoms with Crippen LogP contribution in [0.25, 0.3) is 0 Å². The van der Waals surface area contributed by atoms with Crippen molar-refractivity contribution < 1.29 is 14.4 Å². The number of nitrogens with zero attached hydrogens (tertiary/aromatic N) is 2. The molecular weight excluding hydrogens is 486 g/mol. The zero-order chi connectivity index (χ0) is 26.7. The number of hydrazone groups is 1. The van der Waals surface area contributed by atoms with Crippen LogP contribution >= 0.6 is 0 Å². The lowest BCUT2D eigenvalue weighted by Gasteiger charge is -2.52. The molecule has 0 saturated carbocycles. The molecule has 190 valence electrons. The van der Waals surface area contributed by atoms with E-state index < -0.39 is 17.3 Å². The van der Waals surface area contributed by atoms with Crippen LogP contribution in [-0.2, 0) is 15.0 Å². The molecule has 6 heteroatoms. The van der Waals surface area contributed by atoms with Crippen molar-refractivity contribution in [3.8, 4) is 0 Å². The second-order valence-corrected chi connectivity index (χ2v) is 10.4. The summed E-state index contributed by atoms with van der Waals surface area (Å²) in [5.41, 5.74) is 7.66. The molecule has 3 aliphatic carbocycles. The molecule has 6 nitrogen and oxygen atoms in total. The van der Waals surface area contributed by atoms with Crippen molar-refractivity contribution in [2.75, 3.05) is 4.90 Å². The topological polar surface area (TPSA) is 78.8 Å². The first kappa shape index (κ1) is 23.3. The number of carbonyl (C=O) groups is 3. The highest BCUT2D eigenvalue weighted by Gasteiger charge is 2.68. The Morgan fingerprint density at radius 1 is 0.795 bits per heavy atom. The van der Waals surface area contributed by atoms with Crippen molar-refractivity contribution in [1.82, 2.24) is 5.43 Å². The van der Waals surface area contributed by atoms with E-state index in [1.54, 1.807) is 30.5 Å². The SMILES string of the molecule is Cc1ccc(N2C(=O)[C@@H]3C4c5ccccc5C(/C=N\NC(=O)c5ccccc5)(c5ccccc54)[C@@H]3C2=O)cc1. The van der Waals surface area contributed by atoms with Crippen LogP contribution in [0.15, 0.2) is 108 Å². The van der Waals surface area contributed by atoms with Crippen LogP contribution in [0.5, 0.6) is 0 Å². The first-order valence-corrected chi connectivity index (χ1v) is 13.1. The van der Waals surface area contributed by atoms with Crippen molar-refractivity contribution >= 4 is 29.6 Å². The molecule has 0 aromatic heterocycles. The molecule has 1 N–H and O–H groups in total. The monoisotopic (exact) mass is 511 g/mol. The predicted molar refractivity (Wildman–Crippen MR) is 149 cm³/mol. The maximum absolute atomic E-state index is 14.3. The predicted octanol–water partition coefficient (Wildman–Crippen LogP) is 4.96. The molecule has 4 aromatic carbocycles. The molecule has 2 bridgehead atoms. The van der Waals surface area contributed by atoms with Gasteiger partial charge >= 0.3 is 0 Å². The number of imide groups is 1. The van der Waals surface area contributed by atoms with Gasteiger partial charge in [-0.1, -0.05) is 84.4 Å². The zero-order valence-corrected chi connectivity index (χ0v) is 21.2. The Balaban J connectivity index is 1.41. The Bertz CT molecular complexity index is 1630. The Kier molecular flexibility index (Phi) is 5.13. The number of hydrogen-bond acceptors (Lipinski definition) is 4. The van der Waals surface area contributed by atoms with Crippen LogP contribution in [0, 0.1) is 18.8 Å². The van der Waals surface area contributed by atoms with E-state index in [4.69, 9.17) is 0 Å². The summed E-state index contributed by atoms with van der Waals surface area (Å²) in [6, 6.07) is 32.3. The lowest BCUT2D eigenvalue weighted by molar-refractivity contribution is -0.122. The number of benzene rings is 4. The fourth-order valence-corrected chi connectivity index (χ4v) is 6.84. The van der Waals surface area contributed by atoms with E-state index >= 15 is 0 Å². The highest BCUT2D eigenvalue weighted by molar-refractivity contribution is 6.25. The van der Waals surface area contributed by atoms with Crippen LogP contribution in [0.4, 0.5) is 5.69 Å². The minimum atomic E-state index is -1.03. The van der Waals surface area contributed by atoms with Gasteiger partial charge in [0.1, 0.15) is 0 Å². The first-order chi connectivity index (χ1) is 19.0. The van der Waals surface area contributed by atoms with Gasteiger partial charge in [-0.05, 0) is 53.4 Å². The van der Waals surface area contributed by atoms with E-state index in [9.17, 15) is 14.4 Å². The van der Waals surface area contributed by atoms with E-state index in [0.29, 0.717) is 11.3 Å². The maximum atomic E-state index is 14.3. The lowest BCUT2D eigenvalue weighted by atomic mass is 9.47. The fourth-order valence-electron chi connectivity index (χ4n) is 6.84. The number of aryl methyl sites for hydroxylation is 1. The van der Waals surface area contributed by atoms with Gasteiger partial charge in [0.05, 0.1) is 22.9 Å².